The van der Waals surface area contributed by atoms with Gasteiger partial charge in [0.1, 0.15) is 0 Å². The Hall–Kier alpha value is 0.310. The number of rotatable bonds is 4. The van der Waals surface area contributed by atoms with Crippen molar-refractivity contribution in [2.24, 2.45) is 0 Å². The molecule has 0 aromatic heterocycles. The Kier molecular flexibility index (Phi) is 4.32. The van der Waals surface area contributed by atoms with E-state index >= 15 is 0 Å². The first-order chi connectivity index (χ1) is 4.12. The smallest absolute Gasteiger partial charge is 0.0572 e. The fraction of sp³-hybridized carbons (Fsp3) is 1.00. The van der Waals surface area contributed by atoms with Gasteiger partial charge in [0.25, 0.3) is 0 Å². The van der Waals surface area contributed by atoms with Crippen LogP contribution in [0.3, 0.4) is 0 Å². The average molecular weight is 148 g/mol. The van der Waals surface area contributed by atoms with E-state index in [1.807, 2.05) is 11.8 Å². The highest BCUT2D eigenvalue weighted by molar-refractivity contribution is 8.00. The SMILES string of the molecule is CCCSC(C)(C)CO. The van der Waals surface area contributed by atoms with E-state index in [0.717, 1.165) is 5.75 Å². The first-order valence-electron chi connectivity index (χ1n) is 3.37. The van der Waals surface area contributed by atoms with E-state index in [2.05, 4.69) is 20.8 Å². The summed E-state index contributed by atoms with van der Waals surface area (Å²) in [4.78, 5) is 0. The molecule has 0 unspecified atom stereocenters. The Morgan fingerprint density at radius 2 is 2.00 bits per heavy atom. The lowest BCUT2D eigenvalue weighted by Gasteiger charge is -2.19. The molecule has 0 amide bonds. The van der Waals surface area contributed by atoms with E-state index in [4.69, 9.17) is 5.11 Å². The molecule has 1 N–H and O–H groups in total. The molecule has 0 bridgehead atoms. The molecule has 0 aromatic carbocycles. The third-order valence-electron chi connectivity index (χ3n) is 1.08. The molecule has 0 aliphatic carbocycles. The van der Waals surface area contributed by atoms with Gasteiger partial charge in [-0.15, -0.1) is 0 Å². The van der Waals surface area contributed by atoms with Crippen molar-refractivity contribution in [1.29, 1.82) is 0 Å². The van der Waals surface area contributed by atoms with Gasteiger partial charge >= 0.3 is 0 Å². The first-order valence-corrected chi connectivity index (χ1v) is 4.36. The number of thioether (sulfide) groups is 1. The topological polar surface area (TPSA) is 20.2 Å². The van der Waals surface area contributed by atoms with Crippen molar-refractivity contribution >= 4 is 11.8 Å². The van der Waals surface area contributed by atoms with Crippen LogP contribution in [0.25, 0.3) is 0 Å². The van der Waals surface area contributed by atoms with Crippen molar-refractivity contribution in [2.45, 2.75) is 31.9 Å². The standard InChI is InChI=1S/C7H16OS/c1-4-5-9-7(2,3)6-8/h8H,4-6H2,1-3H3. The van der Waals surface area contributed by atoms with Gasteiger partial charge in [-0.25, -0.2) is 0 Å². The summed E-state index contributed by atoms with van der Waals surface area (Å²) >= 11 is 1.83. The highest BCUT2D eigenvalue weighted by Gasteiger charge is 2.15. The van der Waals surface area contributed by atoms with E-state index in [0.29, 0.717) is 0 Å². The molecule has 0 aromatic rings. The first kappa shape index (κ1) is 9.31. The van der Waals surface area contributed by atoms with Crippen molar-refractivity contribution in [3.63, 3.8) is 0 Å². The minimum atomic E-state index is 0.0655. The van der Waals surface area contributed by atoms with Gasteiger partial charge in [-0.05, 0) is 26.0 Å². The molecule has 0 rings (SSSR count). The third-order valence-corrected chi connectivity index (χ3v) is 2.60. The molecule has 0 aliphatic rings. The van der Waals surface area contributed by atoms with Crippen LogP contribution in [0.1, 0.15) is 27.2 Å². The van der Waals surface area contributed by atoms with Crippen LogP contribution in [0.4, 0.5) is 0 Å². The molecule has 0 fully saturated rings. The fourth-order valence-electron chi connectivity index (χ4n) is 0.424. The summed E-state index contributed by atoms with van der Waals surface area (Å²) in [5, 5.41) is 8.80. The van der Waals surface area contributed by atoms with Crippen LogP contribution in [-0.4, -0.2) is 22.2 Å². The van der Waals surface area contributed by atoms with Crippen molar-refractivity contribution in [3.05, 3.63) is 0 Å². The second kappa shape index (κ2) is 4.18. The van der Waals surface area contributed by atoms with Crippen molar-refractivity contribution in [2.75, 3.05) is 12.4 Å². The van der Waals surface area contributed by atoms with Crippen LogP contribution in [0.15, 0.2) is 0 Å². The zero-order valence-electron chi connectivity index (χ0n) is 6.48. The van der Waals surface area contributed by atoms with Gasteiger partial charge in [0.15, 0.2) is 0 Å². The van der Waals surface area contributed by atoms with E-state index in [1.165, 1.54) is 6.42 Å². The molecular weight excluding hydrogens is 132 g/mol. The minimum Gasteiger partial charge on any atom is -0.395 e. The van der Waals surface area contributed by atoms with Crippen LogP contribution in [0.5, 0.6) is 0 Å². The minimum absolute atomic E-state index is 0.0655. The monoisotopic (exact) mass is 148 g/mol. The van der Waals surface area contributed by atoms with Gasteiger partial charge in [0.2, 0.25) is 0 Å². The van der Waals surface area contributed by atoms with Crippen molar-refractivity contribution in [3.8, 4) is 0 Å². The van der Waals surface area contributed by atoms with Gasteiger partial charge in [-0.1, -0.05) is 6.92 Å². The lowest BCUT2D eigenvalue weighted by Crippen LogP contribution is -2.20. The molecule has 0 heterocycles. The summed E-state index contributed by atoms with van der Waals surface area (Å²) in [6, 6.07) is 0. The maximum Gasteiger partial charge on any atom is 0.0572 e. The summed E-state index contributed by atoms with van der Waals surface area (Å²) in [5.74, 6) is 1.15. The van der Waals surface area contributed by atoms with Gasteiger partial charge in [-0.2, -0.15) is 11.8 Å². The Bertz CT molecular complexity index is 71.3. The largest absolute Gasteiger partial charge is 0.395 e. The van der Waals surface area contributed by atoms with Gasteiger partial charge < -0.3 is 5.11 Å². The summed E-state index contributed by atoms with van der Waals surface area (Å²) < 4.78 is 0.0655. The van der Waals surface area contributed by atoms with E-state index in [1.54, 1.807) is 0 Å². The summed E-state index contributed by atoms with van der Waals surface area (Å²) in [5.41, 5.74) is 0. The highest BCUT2D eigenvalue weighted by atomic mass is 32.2. The molecular formula is C7H16OS. The van der Waals surface area contributed by atoms with Crippen molar-refractivity contribution in [1.82, 2.24) is 0 Å². The summed E-state index contributed by atoms with van der Waals surface area (Å²) in [7, 11) is 0. The maximum absolute atomic E-state index is 8.80. The Morgan fingerprint density at radius 1 is 1.44 bits per heavy atom. The second-order valence-corrected chi connectivity index (χ2v) is 4.57. The molecule has 0 aliphatic heterocycles. The lowest BCUT2D eigenvalue weighted by atomic mass is 10.2. The number of aliphatic hydroxyl groups is 1. The zero-order valence-corrected chi connectivity index (χ0v) is 7.29. The Morgan fingerprint density at radius 3 is 2.33 bits per heavy atom. The normalized spacial score (nSPS) is 12.0. The fourth-order valence-corrected chi connectivity index (χ4v) is 1.27. The molecule has 9 heavy (non-hydrogen) atoms. The van der Waals surface area contributed by atoms with Gasteiger partial charge in [0, 0.05) is 4.75 Å². The molecule has 2 heteroatoms. The van der Waals surface area contributed by atoms with Crippen LogP contribution in [-0.2, 0) is 0 Å². The highest BCUT2D eigenvalue weighted by Crippen LogP contribution is 2.23. The predicted molar refractivity (Wildman–Crippen MR) is 43.9 cm³/mol. The lowest BCUT2D eigenvalue weighted by molar-refractivity contribution is 0.265. The average Bonchev–Trinajstić information content (AvgIpc) is 1.84. The van der Waals surface area contributed by atoms with E-state index in [-0.39, 0.29) is 11.4 Å². The molecule has 0 atom stereocenters. The zero-order chi connectivity index (χ0) is 7.33. The van der Waals surface area contributed by atoms with Crippen molar-refractivity contribution < 1.29 is 5.11 Å². The van der Waals surface area contributed by atoms with Gasteiger partial charge in [-0.3, -0.25) is 0 Å². The third kappa shape index (κ3) is 4.79. The summed E-state index contributed by atoms with van der Waals surface area (Å²) in [6.45, 7) is 6.55. The number of aliphatic hydroxyl groups excluding tert-OH is 1. The maximum atomic E-state index is 8.80. The van der Waals surface area contributed by atoms with Crippen LogP contribution in [0, 0.1) is 0 Å². The molecule has 0 saturated heterocycles. The Labute approximate surface area is 61.8 Å². The number of hydrogen-bond acceptors (Lipinski definition) is 2. The van der Waals surface area contributed by atoms with Crippen LogP contribution in [0.2, 0.25) is 0 Å². The quantitative estimate of drug-likeness (QED) is 0.657. The molecule has 0 radical (unpaired) electrons. The Balaban J connectivity index is 3.33. The van der Waals surface area contributed by atoms with Crippen LogP contribution < -0.4 is 0 Å². The summed E-state index contributed by atoms with van der Waals surface area (Å²) in [6.07, 6.45) is 1.19. The number of hydrogen-bond donors (Lipinski definition) is 1. The van der Waals surface area contributed by atoms with Crippen LogP contribution >= 0.6 is 11.8 Å². The molecule has 0 spiro atoms. The second-order valence-electron chi connectivity index (χ2n) is 2.77. The molecule has 0 saturated carbocycles. The van der Waals surface area contributed by atoms with Gasteiger partial charge in [0.05, 0.1) is 6.61 Å². The molecule has 1 nitrogen and oxygen atoms in total. The molecule has 56 valence electrons. The predicted octanol–water partition coefficient (Wildman–Crippen LogP) is 1.90. The van der Waals surface area contributed by atoms with E-state index < -0.39 is 0 Å². The van der Waals surface area contributed by atoms with E-state index in [9.17, 15) is 0 Å².